The van der Waals surface area contributed by atoms with Crippen LogP contribution in [-0.4, -0.2) is 21.9 Å². The molecule has 2 aromatic carbocycles. The molecule has 4 aromatic rings. The quantitative estimate of drug-likeness (QED) is 0.143. The number of para-hydroxylation sites is 1. The molecule has 2 aromatic heterocycles. The van der Waals surface area contributed by atoms with Gasteiger partial charge in [0, 0.05) is 15.7 Å². The van der Waals surface area contributed by atoms with Gasteiger partial charge in [-0.2, -0.15) is 0 Å². The van der Waals surface area contributed by atoms with Gasteiger partial charge in [-0.1, -0.05) is 48.5 Å². The normalized spacial score (nSPS) is 15.4. The van der Waals surface area contributed by atoms with Gasteiger partial charge in [0.15, 0.2) is 5.16 Å². The van der Waals surface area contributed by atoms with E-state index < -0.39 is 0 Å². The number of halogens is 1. The number of fused-ring (bicyclic) bond motifs is 3. The van der Waals surface area contributed by atoms with Gasteiger partial charge in [0.25, 0.3) is 5.56 Å². The number of thiophene rings is 1. The fraction of sp³-hybridized carbons (Fsp3) is 0.333. The van der Waals surface area contributed by atoms with Crippen LogP contribution in [0.4, 0.5) is 0 Å². The van der Waals surface area contributed by atoms with Gasteiger partial charge < -0.3 is 4.74 Å². The van der Waals surface area contributed by atoms with E-state index >= 15 is 0 Å². The van der Waals surface area contributed by atoms with E-state index in [-0.39, 0.29) is 5.56 Å². The highest BCUT2D eigenvalue weighted by molar-refractivity contribution is 7.99. The number of ether oxygens (including phenoxy) is 1. The predicted molar refractivity (Wildman–Crippen MR) is 143 cm³/mol. The number of nitrogens with zero attached hydrogens (tertiary/aromatic N) is 2. The summed E-state index contributed by atoms with van der Waals surface area (Å²) in [5, 5.41) is 2.31. The molecule has 0 fully saturated rings. The molecule has 7 heteroatoms. The second kappa shape index (κ2) is 10.5. The van der Waals surface area contributed by atoms with Crippen LogP contribution in [0, 0.1) is 5.92 Å². The number of hydrogen-bond donors (Lipinski definition) is 0. The van der Waals surface area contributed by atoms with Crippen LogP contribution in [0.25, 0.3) is 15.9 Å². The Balaban J connectivity index is 1.34. The maximum atomic E-state index is 13.8. The second-order valence-corrected chi connectivity index (χ2v) is 11.3. The molecule has 0 N–H and O–H groups in total. The van der Waals surface area contributed by atoms with Crippen molar-refractivity contribution in [3.8, 4) is 11.4 Å². The lowest BCUT2D eigenvalue weighted by Crippen LogP contribution is -2.22. The smallest absolute Gasteiger partial charge is 0.267 e. The third-order valence-electron chi connectivity index (χ3n) is 6.17. The summed E-state index contributed by atoms with van der Waals surface area (Å²) in [6, 6.07) is 17.3. The SMILES string of the molecule is CC1CCc2c(sc3nc(SCCCCOc4ccc(Cl)cc4)n(-c4ccccc4)c(=O)c23)C1. The predicted octanol–water partition coefficient (Wildman–Crippen LogP) is 7.18. The van der Waals surface area contributed by atoms with E-state index in [1.165, 1.54) is 10.4 Å². The highest BCUT2D eigenvalue weighted by Crippen LogP contribution is 2.37. The molecule has 176 valence electrons. The van der Waals surface area contributed by atoms with E-state index in [9.17, 15) is 4.79 Å². The Morgan fingerprint density at radius 3 is 2.74 bits per heavy atom. The molecule has 34 heavy (non-hydrogen) atoms. The second-order valence-electron chi connectivity index (χ2n) is 8.76. The van der Waals surface area contributed by atoms with Crippen molar-refractivity contribution in [2.45, 2.75) is 44.2 Å². The Kier molecular flexibility index (Phi) is 7.28. The van der Waals surface area contributed by atoms with Crippen molar-refractivity contribution >= 4 is 44.9 Å². The van der Waals surface area contributed by atoms with Crippen LogP contribution in [0.3, 0.4) is 0 Å². The van der Waals surface area contributed by atoms with E-state index in [2.05, 4.69) is 6.92 Å². The zero-order valence-corrected chi connectivity index (χ0v) is 21.5. The molecule has 1 aliphatic carbocycles. The fourth-order valence-electron chi connectivity index (χ4n) is 4.36. The van der Waals surface area contributed by atoms with Crippen molar-refractivity contribution in [3.05, 3.63) is 80.4 Å². The van der Waals surface area contributed by atoms with E-state index in [4.69, 9.17) is 21.3 Å². The molecule has 0 amide bonds. The molecule has 1 unspecified atom stereocenters. The van der Waals surface area contributed by atoms with Crippen molar-refractivity contribution in [2.75, 3.05) is 12.4 Å². The topological polar surface area (TPSA) is 44.1 Å². The number of benzene rings is 2. The minimum absolute atomic E-state index is 0.0665. The van der Waals surface area contributed by atoms with Crippen LogP contribution in [0.15, 0.2) is 64.5 Å². The summed E-state index contributed by atoms with van der Waals surface area (Å²) in [6.45, 7) is 2.94. The third kappa shape index (κ3) is 5.04. The summed E-state index contributed by atoms with van der Waals surface area (Å²) in [4.78, 5) is 21.0. The van der Waals surface area contributed by atoms with Gasteiger partial charge in [-0.05, 0) is 80.0 Å². The molecule has 0 radical (unpaired) electrons. The number of aryl methyl sites for hydroxylation is 1. The highest BCUT2D eigenvalue weighted by atomic mass is 35.5. The van der Waals surface area contributed by atoms with Crippen molar-refractivity contribution in [3.63, 3.8) is 0 Å². The van der Waals surface area contributed by atoms with E-state index in [1.54, 1.807) is 23.1 Å². The van der Waals surface area contributed by atoms with E-state index in [0.29, 0.717) is 17.5 Å². The van der Waals surface area contributed by atoms with Gasteiger partial charge in [0.2, 0.25) is 0 Å². The highest BCUT2D eigenvalue weighted by Gasteiger charge is 2.25. The monoisotopic (exact) mass is 510 g/mol. The molecule has 1 aliphatic rings. The van der Waals surface area contributed by atoms with Gasteiger partial charge in [0.1, 0.15) is 10.6 Å². The minimum atomic E-state index is 0.0665. The molecule has 0 saturated carbocycles. The lowest BCUT2D eigenvalue weighted by molar-refractivity contribution is 0.310. The third-order valence-corrected chi connectivity index (χ3v) is 8.59. The van der Waals surface area contributed by atoms with Gasteiger partial charge in [0.05, 0.1) is 17.7 Å². The van der Waals surface area contributed by atoms with Crippen LogP contribution < -0.4 is 10.3 Å². The van der Waals surface area contributed by atoms with E-state index in [0.717, 1.165) is 64.7 Å². The van der Waals surface area contributed by atoms with Gasteiger partial charge in [-0.15, -0.1) is 11.3 Å². The van der Waals surface area contributed by atoms with Crippen LogP contribution in [0.2, 0.25) is 5.02 Å². The summed E-state index contributed by atoms with van der Waals surface area (Å²) in [5.74, 6) is 2.37. The van der Waals surface area contributed by atoms with Crippen molar-refractivity contribution in [1.82, 2.24) is 9.55 Å². The molecule has 0 saturated heterocycles. The van der Waals surface area contributed by atoms with Crippen molar-refractivity contribution < 1.29 is 4.74 Å². The first-order chi connectivity index (χ1) is 16.6. The molecule has 0 aliphatic heterocycles. The zero-order chi connectivity index (χ0) is 23.5. The molecule has 1 atom stereocenters. The Morgan fingerprint density at radius 1 is 1.15 bits per heavy atom. The maximum Gasteiger partial charge on any atom is 0.267 e. The minimum Gasteiger partial charge on any atom is -0.494 e. The Hall–Kier alpha value is -2.28. The van der Waals surface area contributed by atoms with Crippen LogP contribution in [0.5, 0.6) is 5.75 Å². The molecule has 0 bridgehead atoms. The van der Waals surface area contributed by atoms with Gasteiger partial charge >= 0.3 is 0 Å². The molecule has 5 rings (SSSR count). The standard InChI is InChI=1S/C27H27ClN2O2S2/c1-18-9-14-22-23(17-18)34-25-24(22)26(31)30(20-7-3-2-4-8-20)27(29-25)33-16-6-5-15-32-21-12-10-19(28)11-13-21/h2-4,7-8,10-13,18H,5-6,9,14-17H2,1H3. The van der Waals surface area contributed by atoms with Crippen molar-refractivity contribution in [1.29, 1.82) is 0 Å². The first kappa shape index (κ1) is 23.5. The van der Waals surface area contributed by atoms with Crippen LogP contribution in [0.1, 0.15) is 36.6 Å². The largest absolute Gasteiger partial charge is 0.494 e. The Labute approximate surface area is 212 Å². The number of thioether (sulfide) groups is 1. The number of rotatable bonds is 8. The van der Waals surface area contributed by atoms with Gasteiger partial charge in [-0.3, -0.25) is 9.36 Å². The van der Waals surface area contributed by atoms with Crippen LogP contribution >= 0.6 is 34.7 Å². The molecular formula is C27H27ClN2O2S2. The van der Waals surface area contributed by atoms with E-state index in [1.807, 2.05) is 59.2 Å². The Bertz CT molecular complexity index is 1330. The average Bonchev–Trinajstić information content (AvgIpc) is 3.20. The van der Waals surface area contributed by atoms with Crippen molar-refractivity contribution in [2.24, 2.45) is 5.92 Å². The zero-order valence-electron chi connectivity index (χ0n) is 19.1. The molecule has 0 spiro atoms. The number of unbranched alkanes of at least 4 members (excludes halogenated alkanes) is 1. The summed E-state index contributed by atoms with van der Waals surface area (Å²) in [5.41, 5.74) is 2.17. The molecular weight excluding hydrogens is 484 g/mol. The van der Waals surface area contributed by atoms with Gasteiger partial charge in [-0.25, -0.2) is 4.98 Å². The van der Waals surface area contributed by atoms with Crippen LogP contribution in [-0.2, 0) is 12.8 Å². The summed E-state index contributed by atoms with van der Waals surface area (Å²) in [7, 11) is 0. The maximum absolute atomic E-state index is 13.8. The molecule has 2 heterocycles. The first-order valence-electron chi connectivity index (χ1n) is 11.7. The summed E-state index contributed by atoms with van der Waals surface area (Å²) in [6.07, 6.45) is 5.07. The Morgan fingerprint density at radius 2 is 1.94 bits per heavy atom. The summed E-state index contributed by atoms with van der Waals surface area (Å²) < 4.78 is 7.61. The summed E-state index contributed by atoms with van der Waals surface area (Å²) >= 11 is 9.29. The number of hydrogen-bond acceptors (Lipinski definition) is 5. The average molecular weight is 511 g/mol. The molecule has 4 nitrogen and oxygen atoms in total. The lowest BCUT2D eigenvalue weighted by Gasteiger charge is -2.17. The fourth-order valence-corrected chi connectivity index (χ4v) is 6.92. The number of aromatic nitrogens is 2. The first-order valence-corrected chi connectivity index (χ1v) is 13.9. The lowest BCUT2D eigenvalue weighted by atomic mass is 9.89.